The second-order valence-electron chi connectivity index (χ2n) is 9.30. The van der Waals surface area contributed by atoms with Crippen LogP contribution in [0.1, 0.15) is 44.2 Å². The SMILES string of the molecule is CCC(OC)(C(=O)NCc1ccc(Cl)c(-c2nc(O)nc(-c3cccc(C4(C)CC4)c3)n2)c1)C(F)(F)F. The normalized spacial score (nSPS) is 16.2. The van der Waals surface area contributed by atoms with Crippen molar-refractivity contribution >= 4 is 17.5 Å². The van der Waals surface area contributed by atoms with Crippen molar-refractivity contribution in [3.05, 3.63) is 58.6 Å². The van der Waals surface area contributed by atoms with Crippen molar-refractivity contribution in [2.75, 3.05) is 7.11 Å². The van der Waals surface area contributed by atoms with E-state index in [9.17, 15) is 23.1 Å². The molecule has 2 N–H and O–H groups in total. The molecule has 0 spiro atoms. The van der Waals surface area contributed by atoms with Gasteiger partial charge in [-0.1, -0.05) is 49.7 Å². The zero-order chi connectivity index (χ0) is 27.0. The van der Waals surface area contributed by atoms with Gasteiger partial charge in [-0.25, -0.2) is 4.98 Å². The molecule has 1 amide bonds. The molecule has 37 heavy (non-hydrogen) atoms. The predicted octanol–water partition coefficient (Wildman–Crippen LogP) is 5.59. The Kier molecular flexibility index (Phi) is 7.18. The van der Waals surface area contributed by atoms with Crippen LogP contribution >= 0.6 is 11.6 Å². The number of carbonyl (C=O) groups excluding carboxylic acids is 1. The fourth-order valence-electron chi connectivity index (χ4n) is 4.15. The van der Waals surface area contributed by atoms with Crippen LogP contribution in [0.4, 0.5) is 13.2 Å². The number of nitrogens with one attached hydrogen (secondary N) is 1. The maximum Gasteiger partial charge on any atom is 0.426 e. The number of carbonyl (C=O) groups is 1. The van der Waals surface area contributed by atoms with Gasteiger partial charge in [-0.2, -0.15) is 23.1 Å². The van der Waals surface area contributed by atoms with Crippen LogP contribution in [-0.4, -0.2) is 44.9 Å². The van der Waals surface area contributed by atoms with Crippen LogP contribution in [0.2, 0.25) is 5.02 Å². The van der Waals surface area contributed by atoms with Gasteiger partial charge in [0.1, 0.15) is 0 Å². The third-order valence-electron chi connectivity index (χ3n) is 6.84. The molecule has 4 rings (SSSR count). The van der Waals surface area contributed by atoms with E-state index in [1.165, 1.54) is 19.1 Å². The number of hydrogen-bond acceptors (Lipinski definition) is 6. The number of methoxy groups -OCH3 is 1. The third kappa shape index (κ3) is 5.26. The first-order chi connectivity index (χ1) is 17.4. The lowest BCUT2D eigenvalue weighted by molar-refractivity contribution is -0.261. The number of alkyl halides is 3. The van der Waals surface area contributed by atoms with Gasteiger partial charge in [0.2, 0.25) is 5.60 Å². The highest BCUT2D eigenvalue weighted by Gasteiger charge is 2.59. The fraction of sp³-hybridized carbons (Fsp3) is 0.385. The maximum atomic E-state index is 13.6. The number of amides is 1. The van der Waals surface area contributed by atoms with Crippen molar-refractivity contribution in [3.63, 3.8) is 0 Å². The van der Waals surface area contributed by atoms with Crippen molar-refractivity contribution < 1.29 is 27.8 Å². The third-order valence-corrected chi connectivity index (χ3v) is 7.17. The predicted molar refractivity (Wildman–Crippen MR) is 132 cm³/mol. The molecule has 1 heterocycles. The molecule has 1 aliphatic rings. The topological polar surface area (TPSA) is 97.2 Å². The first-order valence-electron chi connectivity index (χ1n) is 11.7. The van der Waals surface area contributed by atoms with Gasteiger partial charge < -0.3 is 15.2 Å². The fourth-order valence-corrected chi connectivity index (χ4v) is 4.35. The number of ether oxygens (including phenoxy) is 1. The average Bonchev–Trinajstić information content (AvgIpc) is 3.62. The van der Waals surface area contributed by atoms with Gasteiger partial charge in [-0.3, -0.25) is 4.79 Å². The molecule has 1 aromatic heterocycles. The minimum atomic E-state index is -4.89. The summed E-state index contributed by atoms with van der Waals surface area (Å²) in [7, 11) is 0.850. The van der Waals surface area contributed by atoms with Gasteiger partial charge >= 0.3 is 12.2 Å². The molecule has 1 fully saturated rings. The van der Waals surface area contributed by atoms with E-state index in [4.69, 9.17) is 11.6 Å². The summed E-state index contributed by atoms with van der Waals surface area (Å²) in [6, 6.07) is 11.9. The molecule has 1 aliphatic carbocycles. The quantitative estimate of drug-likeness (QED) is 0.391. The van der Waals surface area contributed by atoms with Crippen LogP contribution in [0, 0.1) is 0 Å². The number of hydrogen-bond donors (Lipinski definition) is 2. The lowest BCUT2D eigenvalue weighted by Gasteiger charge is -2.31. The first kappa shape index (κ1) is 26.8. The number of aromatic hydroxyl groups is 1. The van der Waals surface area contributed by atoms with E-state index in [-0.39, 0.29) is 28.6 Å². The van der Waals surface area contributed by atoms with Crippen molar-refractivity contribution in [2.45, 2.75) is 56.8 Å². The van der Waals surface area contributed by atoms with Crippen LogP contribution in [0.15, 0.2) is 42.5 Å². The van der Waals surface area contributed by atoms with Crippen molar-refractivity contribution in [1.82, 2.24) is 20.3 Å². The monoisotopic (exact) mass is 534 g/mol. The van der Waals surface area contributed by atoms with Crippen LogP contribution in [-0.2, 0) is 21.5 Å². The number of halogens is 4. The Labute approximate surface area is 217 Å². The summed E-state index contributed by atoms with van der Waals surface area (Å²) >= 11 is 6.38. The van der Waals surface area contributed by atoms with Gasteiger partial charge in [-0.15, -0.1) is 0 Å². The number of nitrogens with zero attached hydrogens (tertiary/aromatic N) is 3. The van der Waals surface area contributed by atoms with Gasteiger partial charge in [-0.05, 0) is 54.0 Å². The van der Waals surface area contributed by atoms with E-state index in [2.05, 4.69) is 31.9 Å². The number of rotatable bonds is 8. The molecule has 3 aromatic rings. The Hall–Kier alpha value is -3.24. The number of benzene rings is 2. The Bertz CT molecular complexity index is 1320. The smallest absolute Gasteiger partial charge is 0.426 e. The van der Waals surface area contributed by atoms with Crippen LogP contribution in [0.25, 0.3) is 22.8 Å². The summed E-state index contributed by atoms with van der Waals surface area (Å²) in [6.45, 7) is 3.18. The van der Waals surface area contributed by atoms with E-state index in [0.29, 0.717) is 16.7 Å². The van der Waals surface area contributed by atoms with Crippen molar-refractivity contribution in [3.8, 4) is 28.8 Å². The summed E-state index contributed by atoms with van der Waals surface area (Å²) in [5.74, 6) is -0.967. The van der Waals surface area contributed by atoms with E-state index >= 15 is 0 Å². The highest BCUT2D eigenvalue weighted by molar-refractivity contribution is 6.33. The molecule has 1 unspecified atom stereocenters. The highest BCUT2D eigenvalue weighted by Crippen LogP contribution is 2.48. The molecular weight excluding hydrogens is 509 g/mol. The summed E-state index contributed by atoms with van der Waals surface area (Å²) in [4.78, 5) is 25.0. The zero-order valence-electron chi connectivity index (χ0n) is 20.5. The summed E-state index contributed by atoms with van der Waals surface area (Å²) in [5.41, 5.74) is -0.209. The second kappa shape index (κ2) is 9.90. The number of aromatic nitrogens is 3. The molecule has 7 nitrogen and oxygen atoms in total. The molecule has 1 atom stereocenters. The van der Waals surface area contributed by atoms with Crippen LogP contribution in [0.5, 0.6) is 6.01 Å². The molecule has 0 bridgehead atoms. The van der Waals surface area contributed by atoms with Crippen molar-refractivity contribution in [1.29, 1.82) is 0 Å². The van der Waals surface area contributed by atoms with E-state index < -0.39 is 30.1 Å². The van der Waals surface area contributed by atoms with E-state index in [1.807, 2.05) is 24.3 Å². The Morgan fingerprint density at radius 3 is 2.46 bits per heavy atom. The second-order valence-corrected chi connectivity index (χ2v) is 9.71. The first-order valence-corrected chi connectivity index (χ1v) is 12.0. The average molecular weight is 535 g/mol. The van der Waals surface area contributed by atoms with Gasteiger partial charge in [0.25, 0.3) is 5.91 Å². The van der Waals surface area contributed by atoms with Gasteiger partial charge in [0, 0.05) is 24.8 Å². The lowest BCUT2D eigenvalue weighted by Crippen LogP contribution is -2.57. The Morgan fingerprint density at radius 2 is 1.84 bits per heavy atom. The molecule has 11 heteroatoms. The van der Waals surface area contributed by atoms with Crippen LogP contribution in [0.3, 0.4) is 0 Å². The molecular formula is C26H26ClF3N4O3. The molecule has 1 saturated carbocycles. The maximum absolute atomic E-state index is 13.6. The van der Waals surface area contributed by atoms with E-state index in [1.54, 1.807) is 6.07 Å². The van der Waals surface area contributed by atoms with E-state index in [0.717, 1.165) is 25.5 Å². The molecule has 0 saturated heterocycles. The molecule has 0 aliphatic heterocycles. The molecule has 0 radical (unpaired) electrons. The highest BCUT2D eigenvalue weighted by atomic mass is 35.5. The summed E-state index contributed by atoms with van der Waals surface area (Å²) in [6.07, 6.45) is -3.29. The minimum absolute atomic E-state index is 0.0822. The van der Waals surface area contributed by atoms with Crippen molar-refractivity contribution in [2.24, 2.45) is 0 Å². The Balaban J connectivity index is 1.62. The molecule has 2 aromatic carbocycles. The summed E-state index contributed by atoms with van der Waals surface area (Å²) in [5, 5.41) is 12.8. The molecule has 196 valence electrons. The minimum Gasteiger partial charge on any atom is -0.479 e. The largest absolute Gasteiger partial charge is 0.479 e. The summed E-state index contributed by atoms with van der Waals surface area (Å²) < 4.78 is 45.3. The lowest BCUT2D eigenvalue weighted by atomic mass is 9.96. The zero-order valence-corrected chi connectivity index (χ0v) is 21.2. The van der Waals surface area contributed by atoms with Crippen LogP contribution < -0.4 is 5.32 Å². The van der Waals surface area contributed by atoms with Gasteiger partial charge in [0.15, 0.2) is 11.6 Å². The van der Waals surface area contributed by atoms with Gasteiger partial charge in [0.05, 0.1) is 5.02 Å². The Morgan fingerprint density at radius 1 is 1.14 bits per heavy atom. The standard InChI is InChI=1S/C26H26ClF3N4O3/c1-4-25(37-3,26(28,29)30)22(35)31-14-15-8-9-19(27)18(12-15)21-32-20(33-23(36)34-21)16-6-5-7-17(13-16)24(2)10-11-24/h5-9,12-13H,4,10-11,14H2,1-3H3,(H,31,35)(H,32,33,34,36).